The summed E-state index contributed by atoms with van der Waals surface area (Å²) in [6, 6.07) is 5.23. The molecule has 0 aliphatic carbocycles. The van der Waals surface area contributed by atoms with Gasteiger partial charge in [0.15, 0.2) is 0 Å². The molecule has 0 aliphatic rings. The largest absolute Gasteiger partial charge is 0.493 e. The van der Waals surface area contributed by atoms with E-state index in [0.717, 1.165) is 13.0 Å². The topological polar surface area (TPSA) is 76.9 Å². The van der Waals surface area contributed by atoms with Gasteiger partial charge < -0.3 is 15.0 Å². The summed E-state index contributed by atoms with van der Waals surface area (Å²) in [5, 5.41) is 7.94. The van der Waals surface area contributed by atoms with Crippen molar-refractivity contribution >= 4 is 17.4 Å². The van der Waals surface area contributed by atoms with Crippen molar-refractivity contribution in [1.29, 1.82) is 5.41 Å². The molecule has 6 heteroatoms. The van der Waals surface area contributed by atoms with E-state index in [-0.39, 0.29) is 5.84 Å². The zero-order valence-corrected chi connectivity index (χ0v) is 11.1. The molecule has 100 valence electrons. The summed E-state index contributed by atoms with van der Waals surface area (Å²) in [6.07, 6.45) is 6.24. The highest BCUT2D eigenvalue weighted by molar-refractivity contribution is 6.34. The van der Waals surface area contributed by atoms with Gasteiger partial charge in [0.1, 0.15) is 11.6 Å². The molecule has 5 nitrogen and oxygen atoms in total. The lowest BCUT2D eigenvalue weighted by Crippen LogP contribution is -2.14. The first-order valence-electron chi connectivity index (χ1n) is 5.90. The summed E-state index contributed by atoms with van der Waals surface area (Å²) in [7, 11) is 0. The summed E-state index contributed by atoms with van der Waals surface area (Å²) < 4.78 is 7.62. The molecule has 0 saturated heterocycles. The van der Waals surface area contributed by atoms with Crippen LogP contribution in [0.5, 0.6) is 5.75 Å². The van der Waals surface area contributed by atoms with Gasteiger partial charge >= 0.3 is 0 Å². The summed E-state index contributed by atoms with van der Waals surface area (Å²) in [5.41, 5.74) is 5.95. The van der Waals surface area contributed by atoms with Gasteiger partial charge in [-0.2, -0.15) is 0 Å². The Labute approximate surface area is 116 Å². The van der Waals surface area contributed by atoms with Crippen LogP contribution in [0.1, 0.15) is 12.0 Å². The zero-order chi connectivity index (χ0) is 13.7. The Bertz CT molecular complexity index is 554. The maximum Gasteiger partial charge on any atom is 0.131 e. The van der Waals surface area contributed by atoms with Crippen molar-refractivity contribution in [3.63, 3.8) is 0 Å². The number of nitrogens with one attached hydrogen (secondary N) is 1. The van der Waals surface area contributed by atoms with E-state index < -0.39 is 0 Å². The number of nitrogens with zero attached hydrogens (tertiary/aromatic N) is 2. The Kier molecular flexibility index (Phi) is 4.41. The minimum Gasteiger partial charge on any atom is -0.493 e. The zero-order valence-electron chi connectivity index (χ0n) is 10.3. The molecule has 0 unspecified atom stereocenters. The van der Waals surface area contributed by atoms with Gasteiger partial charge in [-0.05, 0) is 18.6 Å². The maximum absolute atomic E-state index is 7.51. The van der Waals surface area contributed by atoms with Crippen molar-refractivity contribution in [1.82, 2.24) is 9.55 Å². The smallest absolute Gasteiger partial charge is 0.131 e. The van der Waals surface area contributed by atoms with Crippen molar-refractivity contribution in [3.05, 3.63) is 47.5 Å². The highest BCUT2D eigenvalue weighted by Crippen LogP contribution is 2.25. The summed E-state index contributed by atoms with van der Waals surface area (Å²) in [4.78, 5) is 3.97. The van der Waals surface area contributed by atoms with E-state index in [1.165, 1.54) is 0 Å². The van der Waals surface area contributed by atoms with Gasteiger partial charge in [0.25, 0.3) is 0 Å². The molecule has 0 spiro atoms. The van der Waals surface area contributed by atoms with Gasteiger partial charge in [-0.1, -0.05) is 17.7 Å². The molecule has 2 rings (SSSR count). The predicted molar refractivity (Wildman–Crippen MR) is 74.8 cm³/mol. The molecule has 19 heavy (non-hydrogen) atoms. The fraction of sp³-hybridized carbons (Fsp3) is 0.231. The van der Waals surface area contributed by atoms with Gasteiger partial charge in [0.2, 0.25) is 0 Å². The standard InChI is InChI=1S/C13H15ClN4O/c14-10-3-1-4-11(12(10)13(15)16)19-8-2-6-18-7-5-17-9-18/h1,3-5,7,9H,2,6,8H2,(H3,15,16). The third-order valence-electron chi connectivity index (χ3n) is 2.62. The van der Waals surface area contributed by atoms with Crippen LogP contribution in [-0.2, 0) is 6.54 Å². The number of nitrogens with two attached hydrogens (primary N) is 1. The fourth-order valence-corrected chi connectivity index (χ4v) is 2.00. The molecule has 1 aromatic carbocycles. The average molecular weight is 279 g/mol. The highest BCUT2D eigenvalue weighted by atomic mass is 35.5. The highest BCUT2D eigenvalue weighted by Gasteiger charge is 2.10. The van der Waals surface area contributed by atoms with Crippen LogP contribution in [0.25, 0.3) is 0 Å². The first kappa shape index (κ1) is 13.4. The number of hydrogen-bond acceptors (Lipinski definition) is 3. The molecular weight excluding hydrogens is 264 g/mol. The van der Waals surface area contributed by atoms with E-state index in [0.29, 0.717) is 22.9 Å². The van der Waals surface area contributed by atoms with Gasteiger partial charge in [0, 0.05) is 18.9 Å². The number of halogens is 1. The second-order valence-electron chi connectivity index (χ2n) is 4.03. The summed E-state index contributed by atoms with van der Waals surface area (Å²) >= 11 is 6.01. The minimum atomic E-state index is -0.0878. The lowest BCUT2D eigenvalue weighted by Gasteiger charge is -2.12. The number of hydrogen-bond donors (Lipinski definition) is 2. The van der Waals surface area contributed by atoms with E-state index in [1.807, 2.05) is 10.8 Å². The second kappa shape index (κ2) is 6.24. The SMILES string of the molecule is N=C(N)c1c(Cl)cccc1OCCCn1ccnc1. The van der Waals surface area contributed by atoms with Crippen molar-refractivity contribution < 1.29 is 4.74 Å². The number of nitrogen functional groups attached to an aromatic ring is 1. The van der Waals surface area contributed by atoms with Crippen LogP contribution in [0.15, 0.2) is 36.9 Å². The number of benzene rings is 1. The molecule has 0 aliphatic heterocycles. The minimum absolute atomic E-state index is 0.0878. The lowest BCUT2D eigenvalue weighted by atomic mass is 10.2. The van der Waals surface area contributed by atoms with Crippen molar-refractivity contribution in [2.75, 3.05) is 6.61 Å². The number of aromatic nitrogens is 2. The van der Waals surface area contributed by atoms with E-state index in [2.05, 4.69) is 4.98 Å². The molecule has 2 aromatic rings. The van der Waals surface area contributed by atoms with Crippen LogP contribution in [-0.4, -0.2) is 22.0 Å². The van der Waals surface area contributed by atoms with Crippen LogP contribution in [0.3, 0.4) is 0 Å². The van der Waals surface area contributed by atoms with E-state index in [9.17, 15) is 0 Å². The normalized spacial score (nSPS) is 10.4. The maximum atomic E-state index is 7.51. The van der Waals surface area contributed by atoms with Crippen molar-refractivity contribution in [2.24, 2.45) is 5.73 Å². The van der Waals surface area contributed by atoms with Crippen LogP contribution in [0.2, 0.25) is 5.02 Å². The third-order valence-corrected chi connectivity index (χ3v) is 2.94. The lowest BCUT2D eigenvalue weighted by molar-refractivity contribution is 0.301. The van der Waals surface area contributed by atoms with Gasteiger partial charge in [-0.15, -0.1) is 0 Å². The van der Waals surface area contributed by atoms with Crippen LogP contribution in [0.4, 0.5) is 0 Å². The molecule has 0 atom stereocenters. The molecule has 3 N–H and O–H groups in total. The predicted octanol–water partition coefficient (Wildman–Crippen LogP) is 2.29. The number of amidine groups is 1. The van der Waals surface area contributed by atoms with E-state index in [4.69, 9.17) is 27.5 Å². The molecule has 0 fully saturated rings. The molecule has 0 amide bonds. The van der Waals surface area contributed by atoms with Crippen molar-refractivity contribution in [3.8, 4) is 5.75 Å². The van der Waals surface area contributed by atoms with Gasteiger partial charge in [-0.3, -0.25) is 5.41 Å². The van der Waals surface area contributed by atoms with Crippen LogP contribution in [0, 0.1) is 5.41 Å². The Balaban J connectivity index is 1.92. The van der Waals surface area contributed by atoms with E-state index >= 15 is 0 Å². The Morgan fingerprint density at radius 3 is 3.00 bits per heavy atom. The number of aryl methyl sites for hydroxylation is 1. The van der Waals surface area contributed by atoms with Gasteiger partial charge in [-0.25, -0.2) is 4.98 Å². The molecule has 0 radical (unpaired) electrons. The molecular formula is C13H15ClN4O. The second-order valence-corrected chi connectivity index (χ2v) is 4.44. The monoisotopic (exact) mass is 278 g/mol. The van der Waals surface area contributed by atoms with Gasteiger partial charge in [0.05, 0.1) is 23.5 Å². The Hall–Kier alpha value is -2.01. The Morgan fingerprint density at radius 1 is 1.47 bits per heavy atom. The number of imidazole rings is 1. The first-order chi connectivity index (χ1) is 9.18. The summed E-state index contributed by atoms with van der Waals surface area (Å²) in [5.74, 6) is 0.459. The quantitative estimate of drug-likeness (QED) is 0.483. The molecule has 1 aromatic heterocycles. The van der Waals surface area contributed by atoms with Crippen LogP contribution < -0.4 is 10.5 Å². The summed E-state index contributed by atoms with van der Waals surface area (Å²) in [6.45, 7) is 1.36. The van der Waals surface area contributed by atoms with Crippen molar-refractivity contribution in [2.45, 2.75) is 13.0 Å². The molecule has 0 saturated carbocycles. The number of ether oxygens (including phenoxy) is 1. The van der Waals surface area contributed by atoms with E-state index in [1.54, 1.807) is 30.7 Å². The Morgan fingerprint density at radius 2 is 2.32 bits per heavy atom. The average Bonchev–Trinajstić information content (AvgIpc) is 2.87. The first-order valence-corrected chi connectivity index (χ1v) is 6.27. The molecule has 1 heterocycles. The fourth-order valence-electron chi connectivity index (χ4n) is 1.73. The third kappa shape index (κ3) is 3.48. The number of rotatable bonds is 6. The van der Waals surface area contributed by atoms with Crippen LogP contribution >= 0.6 is 11.6 Å². The molecule has 0 bridgehead atoms.